The molecule has 150 heavy (non-hydrogen) atoms. The Kier molecular flexibility index (Phi) is 54.1. The van der Waals surface area contributed by atoms with Crippen molar-refractivity contribution in [2.75, 3.05) is 65.6 Å². The fourth-order valence-corrected chi connectivity index (χ4v) is 15.5. The number of carbonyl (C=O) groups is 20. The number of aliphatic hydroxyl groups is 4. The Labute approximate surface area is 866 Å². The van der Waals surface area contributed by atoms with Gasteiger partial charge in [0.25, 0.3) is 0 Å². The number of aliphatic carboxylic acids is 1. The Morgan fingerprint density at radius 3 is 1.51 bits per heavy atom. The molecule has 0 aliphatic carbocycles. The number of carboxylic acid groups (broad SMARTS) is 1. The average Bonchev–Trinajstić information content (AvgIpc) is 1.76. The van der Waals surface area contributed by atoms with Crippen molar-refractivity contribution in [1.29, 1.82) is 16.2 Å². The summed E-state index contributed by atoms with van der Waals surface area (Å²) in [6.45, 7) is 6.10. The molecule has 1 aliphatic rings. The Balaban J connectivity index is 1.36. The fraction of sp³-hybridized carbons (Fsp3) is 0.552. The first kappa shape index (κ1) is 125. The zero-order valence-corrected chi connectivity index (χ0v) is 85.1. The van der Waals surface area contributed by atoms with Crippen LogP contribution in [0, 0.1) is 34.0 Å². The number of hydrogen-bond acceptors (Lipinski definition) is 27. The van der Waals surface area contributed by atoms with Gasteiger partial charge in [-0.3, -0.25) is 107 Å². The number of aromatic nitrogens is 1. The molecule has 2 heterocycles. The molecule has 0 unspecified atom stereocenters. The van der Waals surface area contributed by atoms with Crippen LogP contribution in [-0.2, 0) is 115 Å². The zero-order chi connectivity index (χ0) is 111. The van der Waals surface area contributed by atoms with Crippen LogP contribution in [0.3, 0.4) is 0 Å². The quantitative estimate of drug-likeness (QED) is 0.0111. The van der Waals surface area contributed by atoms with Crippen LogP contribution in [0.4, 0.5) is 0 Å². The lowest BCUT2D eigenvalue weighted by atomic mass is 9.95. The fourth-order valence-electron chi connectivity index (χ4n) is 15.5. The van der Waals surface area contributed by atoms with Gasteiger partial charge in [-0.1, -0.05) is 133 Å². The predicted molar refractivity (Wildman–Crippen MR) is 544 cm³/mol. The molecular formula is C96H147N29O25. The zero-order valence-electron chi connectivity index (χ0n) is 85.1. The van der Waals surface area contributed by atoms with Crippen LogP contribution in [0.25, 0.3) is 10.9 Å². The Morgan fingerprint density at radius 1 is 0.453 bits per heavy atom. The topological polar surface area (TPSA) is 873 Å². The first-order chi connectivity index (χ1) is 71.2. The normalized spacial score (nSPS) is 17.9. The second-order valence-electron chi connectivity index (χ2n) is 36.6. The molecule has 0 radical (unpaired) electrons. The van der Waals surface area contributed by atoms with Crippen LogP contribution in [0.2, 0.25) is 0 Å². The van der Waals surface area contributed by atoms with E-state index in [-0.39, 0.29) is 116 Å². The molecule has 1 fully saturated rings. The van der Waals surface area contributed by atoms with E-state index in [9.17, 15) is 92.7 Å². The van der Waals surface area contributed by atoms with Crippen molar-refractivity contribution in [3.63, 3.8) is 0 Å². The molecular weight excluding hydrogens is 1960 g/mol. The number of fused-ring (bicyclic) bond motifs is 1. The third kappa shape index (κ3) is 44.1. The van der Waals surface area contributed by atoms with Crippen LogP contribution < -0.4 is 134 Å². The monoisotopic (exact) mass is 2110 g/mol. The number of hydrogen-bond donors (Lipinski definition) is 34. The number of aromatic amines is 1. The molecule has 1 aromatic heterocycles. The number of benzene rings is 3. The summed E-state index contributed by atoms with van der Waals surface area (Å²) in [7, 11) is 0. The number of H-pyrrole nitrogens is 1. The summed E-state index contributed by atoms with van der Waals surface area (Å²) in [4.78, 5) is 283. The molecule has 18 atom stereocenters. The molecule has 1 aliphatic heterocycles. The summed E-state index contributed by atoms with van der Waals surface area (Å²) in [6, 6.07) is -0.810. The maximum atomic E-state index is 15.2. The lowest BCUT2D eigenvalue weighted by molar-refractivity contribution is -0.142. The lowest BCUT2D eigenvalue weighted by Gasteiger charge is -2.31. The second kappa shape index (κ2) is 65.1. The van der Waals surface area contributed by atoms with Gasteiger partial charge in [0.2, 0.25) is 112 Å². The van der Waals surface area contributed by atoms with Crippen molar-refractivity contribution in [3.8, 4) is 0 Å². The van der Waals surface area contributed by atoms with Gasteiger partial charge in [-0.15, -0.1) is 0 Å². The third-order valence-electron chi connectivity index (χ3n) is 24.3. The number of aliphatic hydroxyl groups excluding tert-OH is 4. The van der Waals surface area contributed by atoms with Gasteiger partial charge in [0, 0.05) is 75.9 Å². The predicted octanol–water partition coefficient (Wildman–Crippen LogP) is -9.10. The summed E-state index contributed by atoms with van der Waals surface area (Å²) < 4.78 is 0. The van der Waals surface area contributed by atoms with E-state index in [1.54, 1.807) is 133 Å². The minimum Gasteiger partial charge on any atom is -0.480 e. The van der Waals surface area contributed by atoms with E-state index in [1.807, 2.05) is 0 Å². The van der Waals surface area contributed by atoms with Gasteiger partial charge in [-0.25, -0.2) is 4.79 Å². The van der Waals surface area contributed by atoms with Gasteiger partial charge in [-0.05, 0) is 112 Å². The molecule has 0 bridgehead atoms. The minimum atomic E-state index is -1.97. The van der Waals surface area contributed by atoms with E-state index in [2.05, 4.69) is 122 Å². The van der Waals surface area contributed by atoms with Crippen molar-refractivity contribution in [3.05, 3.63) is 108 Å². The van der Waals surface area contributed by atoms with Gasteiger partial charge in [0.05, 0.1) is 45.6 Å². The summed E-state index contributed by atoms with van der Waals surface area (Å²) in [5, 5.41) is 130. The number of carboxylic acids is 1. The average molecular weight is 2110 g/mol. The minimum absolute atomic E-state index is 0.00195. The molecule has 19 amide bonds. The lowest BCUT2D eigenvalue weighted by Crippen LogP contribution is -2.63. The molecule has 4 aromatic rings. The standard InChI is InChI=1S/C96H147N29O25/c1-9-51(5)76-90(146)117-63(33-23-39-106-96(101)102)82(138)114-61(30-19-20-36-103-71(131)35-34-64(84(140)118-65(86(142)123-76)40-55-24-13-11-14-25-55)116-81(137)60(31-21-37-104-94(97)98)112-74(134)46-110-79(135)68(47-126)111-54(8)130)85(141)122-75(50(3)4)89(145)124-77(52(6)10-2)91(147)119-66(41-56-26-15-12-16-27-56)87(143)125-78(53(7)129)92(148)121-69(48-127)80(136)109-44-72(132)108-45-73(133)113-70(49-128)88(144)115-62(32-22-38-105-95(99)100)83(139)120-67(93(149)150)42-57-43-107-59-29-18-17-28-58(57)59/h11-18,24-29,43,50-53,60-70,75-78,107,126-129H,9-10,19-23,30-42,44-49H2,1-8H3,(H,103,131)(H,108,132)(H,109,136)(H,110,135)(H,111,130)(H,112,134)(H,113,133)(H,114,138)(H,115,144)(H,116,137)(H,117,146)(H,118,140)(H,119,147)(H,120,139)(H,121,148)(H,122,141)(H,123,142)(H,124,145)(H,125,143)(H,149,150)(H4,97,98,104)(H4,99,100,105)(H4,101,102,106)/t51-,52-,53+,60-,61-,62-,63-,64-,65-,66-,67-,68-,69-,70-,75-,76-,77-,78-/m0/s1. The van der Waals surface area contributed by atoms with Crippen molar-refractivity contribution in [2.45, 2.75) is 255 Å². The van der Waals surface area contributed by atoms with Gasteiger partial charge in [0.1, 0.15) is 90.6 Å². The molecule has 54 heteroatoms. The number of nitrogens with two attached hydrogens (primary N) is 3. The molecule has 54 nitrogen and oxygen atoms in total. The molecule has 5 rings (SSSR count). The van der Waals surface area contributed by atoms with E-state index >= 15 is 28.8 Å². The number of nitrogens with one attached hydrogen (secondary N) is 26. The van der Waals surface area contributed by atoms with Gasteiger partial charge in [0.15, 0.2) is 17.9 Å². The summed E-state index contributed by atoms with van der Waals surface area (Å²) in [5.74, 6) is -23.9. The van der Waals surface area contributed by atoms with Gasteiger partial charge >= 0.3 is 5.97 Å². The van der Waals surface area contributed by atoms with Gasteiger partial charge < -0.3 is 165 Å². The Hall–Kier alpha value is -15.7. The first-order valence-electron chi connectivity index (χ1n) is 49.4. The number of guanidine groups is 3. The maximum Gasteiger partial charge on any atom is 0.326 e. The van der Waals surface area contributed by atoms with Crippen molar-refractivity contribution >= 4 is 147 Å². The number of amides is 19. The van der Waals surface area contributed by atoms with Gasteiger partial charge in [-0.2, -0.15) is 0 Å². The highest BCUT2D eigenvalue weighted by molar-refractivity contribution is 6.02. The first-order valence-corrected chi connectivity index (χ1v) is 49.4. The molecule has 37 N–H and O–H groups in total. The van der Waals surface area contributed by atoms with Crippen molar-refractivity contribution in [2.24, 2.45) is 35.0 Å². The van der Waals surface area contributed by atoms with Crippen molar-refractivity contribution in [1.82, 2.24) is 122 Å². The summed E-state index contributed by atoms with van der Waals surface area (Å²) in [5.41, 5.74) is 18.7. The third-order valence-corrected chi connectivity index (χ3v) is 24.3. The molecule has 3 aromatic carbocycles. The van der Waals surface area contributed by atoms with E-state index in [0.29, 0.717) is 27.6 Å². The molecule has 826 valence electrons. The molecule has 1 saturated heterocycles. The van der Waals surface area contributed by atoms with E-state index < -0.39 is 303 Å². The maximum absolute atomic E-state index is 15.2. The largest absolute Gasteiger partial charge is 0.480 e. The number of para-hydroxylation sites is 1. The van der Waals surface area contributed by atoms with Crippen LogP contribution in [0.5, 0.6) is 0 Å². The Morgan fingerprint density at radius 2 is 0.940 bits per heavy atom. The summed E-state index contributed by atoms with van der Waals surface area (Å²) in [6.07, 6.45) is -2.08. The van der Waals surface area contributed by atoms with Crippen LogP contribution in [0.15, 0.2) is 91.1 Å². The second-order valence-corrected chi connectivity index (χ2v) is 36.6. The van der Waals surface area contributed by atoms with Crippen molar-refractivity contribution < 1.29 is 121 Å². The smallest absolute Gasteiger partial charge is 0.326 e. The van der Waals surface area contributed by atoms with E-state index in [1.165, 1.54) is 0 Å². The number of carbonyl (C=O) groups excluding carboxylic acids is 19. The van der Waals surface area contributed by atoms with Crippen LogP contribution in [-0.4, -0.2) is 329 Å². The highest BCUT2D eigenvalue weighted by atomic mass is 16.4. The molecule has 0 spiro atoms. The van der Waals surface area contributed by atoms with E-state index in [0.717, 1.165) is 13.8 Å². The highest BCUT2D eigenvalue weighted by Crippen LogP contribution is 2.22. The number of rotatable bonds is 55. The van der Waals surface area contributed by atoms with Crippen LogP contribution >= 0.6 is 0 Å². The summed E-state index contributed by atoms with van der Waals surface area (Å²) >= 11 is 0. The highest BCUT2D eigenvalue weighted by Gasteiger charge is 2.42. The Bertz CT molecular complexity index is 5270. The van der Waals surface area contributed by atoms with Crippen LogP contribution in [0.1, 0.15) is 156 Å². The van der Waals surface area contributed by atoms with E-state index in [4.69, 9.17) is 33.4 Å². The molecule has 0 saturated carbocycles. The SMILES string of the molecule is CC[C@H](C)[C@@H]1NC(=O)[C@H](Cc2ccccc2)NC(=O)[C@@H](NC(=O)[C@H](CCCNC(=N)N)NC(=O)CNC(=O)[C@H](CO)NC(C)=O)CCC(=O)NCCCC[C@@H](C(=O)N[C@H](C(=O)N[C@H](C(=O)N[C@@H](Cc2ccccc2)C(=O)N[C@H](C(=O)N[C@@H](CO)C(=O)NCC(=O)NCC(=O)N[C@@H](CO)C(=O)N[C@@H](CCCNC(=N)N)C(=O)N[C@@H](Cc2c[nH]c3ccccc23)C(=O)O)[C@@H](C)O)[C@@H](C)CC)C(C)C)NC(=O)[C@H](CCCNC(=N)N)NC1=O.